The Morgan fingerprint density at radius 2 is 1.76 bits per heavy atom. The van der Waals surface area contributed by atoms with Crippen LogP contribution in [-0.2, 0) is 0 Å². The van der Waals surface area contributed by atoms with E-state index < -0.39 is 10.8 Å². The van der Waals surface area contributed by atoms with Gasteiger partial charge in [0.15, 0.2) is 11.5 Å². The maximum atomic E-state index is 12.4. The third kappa shape index (κ3) is 4.09. The predicted octanol–water partition coefficient (Wildman–Crippen LogP) is 3.85. The first-order valence-electron chi connectivity index (χ1n) is 7.83. The first-order chi connectivity index (χ1) is 11.9. The van der Waals surface area contributed by atoms with E-state index in [-0.39, 0.29) is 17.1 Å². The lowest BCUT2D eigenvalue weighted by atomic mass is 10.2. The van der Waals surface area contributed by atoms with Gasteiger partial charge >= 0.3 is 0 Å². The van der Waals surface area contributed by atoms with Gasteiger partial charge in [0.25, 0.3) is 11.6 Å². The van der Waals surface area contributed by atoms with Crippen LogP contribution in [0.4, 0.5) is 11.4 Å². The summed E-state index contributed by atoms with van der Waals surface area (Å²) in [7, 11) is 0. The molecule has 0 aliphatic heterocycles. The number of nitrogens with zero attached hydrogens (tertiary/aromatic N) is 1. The Kier molecular flexibility index (Phi) is 5.63. The van der Waals surface area contributed by atoms with E-state index in [2.05, 4.69) is 5.32 Å². The third-order valence-electron chi connectivity index (χ3n) is 3.39. The lowest BCUT2D eigenvalue weighted by Gasteiger charge is -2.13. The van der Waals surface area contributed by atoms with Crippen LogP contribution in [0, 0.1) is 24.0 Å². The van der Waals surface area contributed by atoms with Gasteiger partial charge in [-0.3, -0.25) is 14.9 Å². The number of nitrogens with one attached hydrogen (secondary N) is 1. The average Bonchev–Trinajstić information content (AvgIpc) is 2.88. The summed E-state index contributed by atoms with van der Waals surface area (Å²) in [5.41, 5.74) is 0.0666. The first-order valence-corrected chi connectivity index (χ1v) is 7.83. The van der Waals surface area contributed by atoms with Crippen molar-refractivity contribution in [3.8, 4) is 11.5 Å². The van der Waals surface area contributed by atoms with Gasteiger partial charge in [-0.25, -0.2) is 0 Å². The molecule has 1 aromatic carbocycles. The minimum absolute atomic E-state index is 0.0279. The van der Waals surface area contributed by atoms with Gasteiger partial charge in [-0.15, -0.1) is 0 Å². The van der Waals surface area contributed by atoms with Crippen molar-refractivity contribution in [3.05, 3.63) is 45.4 Å². The largest absolute Gasteiger partial charge is 0.490 e. The van der Waals surface area contributed by atoms with Crippen LogP contribution >= 0.6 is 0 Å². The van der Waals surface area contributed by atoms with Crippen molar-refractivity contribution in [3.63, 3.8) is 0 Å². The summed E-state index contributed by atoms with van der Waals surface area (Å²) in [6.07, 6.45) is 0. The Morgan fingerprint density at radius 3 is 2.24 bits per heavy atom. The Hall–Kier alpha value is -3.03. The zero-order valence-electron chi connectivity index (χ0n) is 14.5. The number of nitro groups is 1. The molecule has 0 radical (unpaired) electrons. The van der Waals surface area contributed by atoms with Crippen molar-refractivity contribution in [2.75, 3.05) is 18.5 Å². The molecule has 1 N–H and O–H groups in total. The van der Waals surface area contributed by atoms with Crippen molar-refractivity contribution in [2.24, 2.45) is 0 Å². The molecule has 0 saturated carbocycles. The third-order valence-corrected chi connectivity index (χ3v) is 3.39. The van der Waals surface area contributed by atoms with Crippen LogP contribution in [0.1, 0.15) is 35.7 Å². The Balaban J connectivity index is 2.44. The number of rotatable bonds is 7. The Morgan fingerprint density at radius 1 is 1.16 bits per heavy atom. The molecular weight excluding hydrogens is 328 g/mol. The van der Waals surface area contributed by atoms with E-state index in [4.69, 9.17) is 13.9 Å². The Labute approximate surface area is 144 Å². The molecule has 1 aromatic heterocycles. The van der Waals surface area contributed by atoms with Crippen molar-refractivity contribution in [1.29, 1.82) is 0 Å². The molecule has 0 aliphatic carbocycles. The van der Waals surface area contributed by atoms with Crippen molar-refractivity contribution in [2.45, 2.75) is 27.7 Å². The summed E-state index contributed by atoms with van der Waals surface area (Å²) >= 11 is 0. The number of carbonyl (C=O) groups is 1. The number of carbonyl (C=O) groups excluding carboxylic acids is 1. The van der Waals surface area contributed by atoms with Crippen molar-refractivity contribution >= 4 is 17.3 Å². The zero-order valence-corrected chi connectivity index (χ0v) is 14.5. The molecule has 0 aliphatic rings. The second-order valence-electron chi connectivity index (χ2n) is 5.22. The molecule has 2 aromatic rings. The second kappa shape index (κ2) is 7.69. The Bertz CT molecular complexity index is 797. The molecule has 0 atom stereocenters. The van der Waals surface area contributed by atoms with Crippen LogP contribution in [0.3, 0.4) is 0 Å². The number of furan rings is 1. The van der Waals surface area contributed by atoms with Gasteiger partial charge < -0.3 is 19.2 Å². The van der Waals surface area contributed by atoms with Gasteiger partial charge in [-0.2, -0.15) is 0 Å². The van der Waals surface area contributed by atoms with Crippen LogP contribution in [0.25, 0.3) is 0 Å². The summed E-state index contributed by atoms with van der Waals surface area (Å²) in [6, 6.07) is 4.22. The highest BCUT2D eigenvalue weighted by atomic mass is 16.6. The lowest BCUT2D eigenvalue weighted by molar-refractivity contribution is -0.384. The molecule has 25 heavy (non-hydrogen) atoms. The molecule has 0 bridgehead atoms. The predicted molar refractivity (Wildman–Crippen MR) is 91.6 cm³/mol. The summed E-state index contributed by atoms with van der Waals surface area (Å²) in [4.78, 5) is 23.2. The van der Waals surface area contributed by atoms with Crippen LogP contribution < -0.4 is 14.8 Å². The van der Waals surface area contributed by atoms with Gasteiger partial charge in [-0.1, -0.05) is 0 Å². The van der Waals surface area contributed by atoms with Crippen molar-refractivity contribution in [1.82, 2.24) is 0 Å². The van der Waals surface area contributed by atoms with Crippen LogP contribution in [0.2, 0.25) is 0 Å². The van der Waals surface area contributed by atoms with E-state index in [1.807, 2.05) is 0 Å². The summed E-state index contributed by atoms with van der Waals surface area (Å²) in [5.74, 6) is 1.10. The van der Waals surface area contributed by atoms with Gasteiger partial charge in [0.2, 0.25) is 0 Å². The highest BCUT2D eigenvalue weighted by Gasteiger charge is 2.23. The standard InChI is InChI=1S/C17H20N2O6/c1-5-23-15-8-13(14(19(21)22)9-16(15)24-6-2)18-17(20)12-7-10(3)25-11(12)4/h7-9H,5-6H2,1-4H3,(H,18,20). The maximum absolute atomic E-state index is 12.4. The van der Waals surface area contributed by atoms with E-state index in [1.165, 1.54) is 12.1 Å². The number of hydrogen-bond acceptors (Lipinski definition) is 6. The van der Waals surface area contributed by atoms with Crippen LogP contribution in [0.5, 0.6) is 11.5 Å². The molecule has 0 spiro atoms. The SMILES string of the molecule is CCOc1cc(NC(=O)c2cc(C)oc2C)c([N+](=O)[O-])cc1OCC. The van der Waals surface area contributed by atoms with Crippen LogP contribution in [0.15, 0.2) is 22.6 Å². The van der Waals surface area contributed by atoms with E-state index in [0.717, 1.165) is 0 Å². The number of benzene rings is 1. The minimum atomic E-state index is -0.582. The summed E-state index contributed by atoms with van der Waals surface area (Å²) in [6.45, 7) is 7.60. The molecular formula is C17H20N2O6. The molecule has 8 heteroatoms. The summed E-state index contributed by atoms with van der Waals surface area (Å²) < 4.78 is 16.2. The molecule has 1 heterocycles. The van der Waals surface area contributed by atoms with Gasteiger partial charge in [0.05, 0.1) is 29.8 Å². The highest BCUT2D eigenvalue weighted by molar-refractivity contribution is 6.06. The maximum Gasteiger partial charge on any atom is 0.296 e. The van der Waals surface area contributed by atoms with E-state index in [9.17, 15) is 14.9 Å². The molecule has 0 fully saturated rings. The lowest BCUT2D eigenvalue weighted by Crippen LogP contribution is -2.14. The fraction of sp³-hybridized carbons (Fsp3) is 0.353. The van der Waals surface area contributed by atoms with Gasteiger partial charge in [0, 0.05) is 6.07 Å². The topological polar surface area (TPSA) is 104 Å². The first kappa shape index (κ1) is 18.3. The van der Waals surface area contributed by atoms with E-state index in [0.29, 0.717) is 36.0 Å². The fourth-order valence-corrected chi connectivity index (χ4v) is 2.38. The zero-order chi connectivity index (χ0) is 18.6. The van der Waals surface area contributed by atoms with Gasteiger partial charge in [0.1, 0.15) is 17.2 Å². The molecule has 134 valence electrons. The molecule has 0 unspecified atom stereocenters. The number of nitro benzene ring substituents is 1. The average molecular weight is 348 g/mol. The number of hydrogen-bond donors (Lipinski definition) is 1. The monoisotopic (exact) mass is 348 g/mol. The van der Waals surface area contributed by atoms with Crippen molar-refractivity contribution < 1.29 is 23.6 Å². The molecule has 8 nitrogen and oxygen atoms in total. The second-order valence-corrected chi connectivity index (χ2v) is 5.22. The van der Waals surface area contributed by atoms with E-state index in [1.54, 1.807) is 33.8 Å². The van der Waals surface area contributed by atoms with Gasteiger partial charge in [-0.05, 0) is 33.8 Å². The smallest absolute Gasteiger partial charge is 0.296 e. The quantitative estimate of drug-likeness (QED) is 0.602. The minimum Gasteiger partial charge on any atom is -0.490 e. The number of anilines is 1. The normalized spacial score (nSPS) is 10.4. The fourth-order valence-electron chi connectivity index (χ4n) is 2.38. The van der Waals surface area contributed by atoms with Crippen LogP contribution in [-0.4, -0.2) is 24.0 Å². The molecule has 2 rings (SSSR count). The van der Waals surface area contributed by atoms with E-state index >= 15 is 0 Å². The molecule has 1 amide bonds. The highest BCUT2D eigenvalue weighted by Crippen LogP contribution is 2.38. The molecule has 0 saturated heterocycles. The number of aryl methyl sites for hydroxylation is 2. The number of amides is 1. The number of ether oxygens (including phenoxy) is 2. The summed E-state index contributed by atoms with van der Waals surface area (Å²) in [5, 5.41) is 13.9.